The number of rotatable bonds is 2. The van der Waals surface area contributed by atoms with Crippen LogP contribution in [-0.2, 0) is 4.74 Å². The molecule has 2 aromatic rings. The van der Waals surface area contributed by atoms with E-state index in [1.165, 1.54) is 6.20 Å². The molecule has 25 heavy (non-hydrogen) atoms. The average molecular weight is 348 g/mol. The summed E-state index contributed by atoms with van der Waals surface area (Å²) in [5.74, 6) is -0.0878. The zero-order chi connectivity index (χ0) is 18.0. The lowest BCUT2D eigenvalue weighted by atomic mass is 10.2. The van der Waals surface area contributed by atoms with Crippen LogP contribution in [0.5, 0.6) is 0 Å². The third kappa shape index (κ3) is 4.04. The number of piperazine rings is 1. The van der Waals surface area contributed by atoms with Gasteiger partial charge < -0.3 is 14.5 Å². The summed E-state index contributed by atoms with van der Waals surface area (Å²) in [5.41, 5.74) is 0.151. The van der Waals surface area contributed by atoms with Crippen molar-refractivity contribution in [1.82, 2.24) is 25.1 Å². The number of hydrogen-bond donors (Lipinski definition) is 1. The van der Waals surface area contributed by atoms with Crippen LogP contribution in [0.2, 0.25) is 0 Å². The summed E-state index contributed by atoms with van der Waals surface area (Å²) >= 11 is 0. The summed E-state index contributed by atoms with van der Waals surface area (Å²) in [6, 6.07) is 1.65. The number of nitrogens with zero attached hydrogens (tertiary/aromatic N) is 5. The smallest absolute Gasteiger partial charge is 0.410 e. The van der Waals surface area contributed by atoms with Crippen molar-refractivity contribution in [2.75, 3.05) is 31.1 Å². The summed E-state index contributed by atoms with van der Waals surface area (Å²) < 4.78 is 19.3. The van der Waals surface area contributed by atoms with Gasteiger partial charge in [-0.3, -0.25) is 5.10 Å². The Balaban J connectivity index is 1.67. The number of anilines is 1. The molecule has 0 aliphatic carbocycles. The Morgan fingerprint density at radius 1 is 1.28 bits per heavy atom. The molecule has 0 atom stereocenters. The van der Waals surface area contributed by atoms with E-state index in [-0.39, 0.29) is 11.8 Å². The molecule has 1 N–H and O–H groups in total. The second-order valence-electron chi connectivity index (χ2n) is 6.79. The van der Waals surface area contributed by atoms with E-state index in [1.54, 1.807) is 11.0 Å². The molecule has 1 aliphatic rings. The van der Waals surface area contributed by atoms with E-state index in [0.29, 0.717) is 37.8 Å². The first-order valence-corrected chi connectivity index (χ1v) is 8.08. The highest BCUT2D eigenvalue weighted by atomic mass is 19.1. The molecular weight excluding hydrogens is 327 g/mol. The first-order chi connectivity index (χ1) is 11.8. The first-order valence-electron chi connectivity index (χ1n) is 8.08. The first kappa shape index (κ1) is 17.1. The van der Waals surface area contributed by atoms with E-state index in [0.717, 1.165) is 6.20 Å². The number of amides is 1. The van der Waals surface area contributed by atoms with Crippen LogP contribution >= 0.6 is 0 Å². The van der Waals surface area contributed by atoms with Gasteiger partial charge in [0.15, 0.2) is 5.82 Å². The molecule has 1 amide bonds. The number of carbonyl (C=O) groups excluding carboxylic acids is 1. The van der Waals surface area contributed by atoms with Gasteiger partial charge in [-0.05, 0) is 26.8 Å². The summed E-state index contributed by atoms with van der Waals surface area (Å²) in [6.07, 6.45) is 2.36. The standard InChI is InChI=1S/C16H21FN6O2/c1-16(2,3)25-15(24)23-8-6-22(7-9-23)14-18-10-11(17)13(20-14)12-4-5-19-21-12/h4-5,10H,6-9H2,1-3H3,(H,19,21). The zero-order valence-corrected chi connectivity index (χ0v) is 14.5. The number of ether oxygens (including phenoxy) is 1. The number of halogens is 1. The largest absolute Gasteiger partial charge is 0.444 e. The molecule has 8 nitrogen and oxygen atoms in total. The van der Waals surface area contributed by atoms with Gasteiger partial charge in [-0.15, -0.1) is 0 Å². The maximum absolute atomic E-state index is 14.0. The normalized spacial score (nSPS) is 15.4. The van der Waals surface area contributed by atoms with Crippen molar-refractivity contribution in [3.05, 3.63) is 24.3 Å². The lowest BCUT2D eigenvalue weighted by Gasteiger charge is -2.35. The SMILES string of the molecule is CC(C)(C)OC(=O)N1CCN(c2ncc(F)c(-c3ccn[nH]3)n2)CC1. The number of aromatic nitrogens is 4. The van der Waals surface area contributed by atoms with Crippen LogP contribution in [0, 0.1) is 5.82 Å². The Hall–Kier alpha value is -2.71. The van der Waals surface area contributed by atoms with E-state index >= 15 is 0 Å². The van der Waals surface area contributed by atoms with Crippen LogP contribution in [0.25, 0.3) is 11.4 Å². The monoisotopic (exact) mass is 348 g/mol. The van der Waals surface area contributed by atoms with E-state index in [4.69, 9.17) is 4.74 Å². The average Bonchev–Trinajstić information content (AvgIpc) is 3.08. The quantitative estimate of drug-likeness (QED) is 0.894. The molecule has 3 heterocycles. The molecule has 0 bridgehead atoms. The fourth-order valence-electron chi connectivity index (χ4n) is 2.50. The van der Waals surface area contributed by atoms with E-state index < -0.39 is 11.4 Å². The van der Waals surface area contributed by atoms with Gasteiger partial charge in [-0.1, -0.05) is 0 Å². The lowest BCUT2D eigenvalue weighted by Crippen LogP contribution is -2.50. The Morgan fingerprint density at radius 3 is 2.60 bits per heavy atom. The van der Waals surface area contributed by atoms with Crippen molar-refractivity contribution in [1.29, 1.82) is 0 Å². The minimum absolute atomic E-state index is 0.178. The van der Waals surface area contributed by atoms with Gasteiger partial charge in [0.25, 0.3) is 0 Å². The van der Waals surface area contributed by atoms with Crippen molar-refractivity contribution >= 4 is 12.0 Å². The fourth-order valence-corrected chi connectivity index (χ4v) is 2.50. The topological polar surface area (TPSA) is 87.2 Å². The molecule has 9 heteroatoms. The second-order valence-corrected chi connectivity index (χ2v) is 6.79. The molecule has 3 rings (SSSR count). The number of nitrogens with one attached hydrogen (secondary N) is 1. The zero-order valence-electron chi connectivity index (χ0n) is 14.5. The maximum atomic E-state index is 14.0. The van der Waals surface area contributed by atoms with Gasteiger partial charge >= 0.3 is 6.09 Å². The summed E-state index contributed by atoms with van der Waals surface area (Å²) in [6.45, 7) is 7.60. The Bertz CT molecular complexity index is 736. The van der Waals surface area contributed by atoms with E-state index in [9.17, 15) is 9.18 Å². The number of H-pyrrole nitrogens is 1. The Kier molecular flexibility index (Phi) is 4.56. The van der Waals surface area contributed by atoms with Crippen molar-refractivity contribution in [2.24, 2.45) is 0 Å². The van der Waals surface area contributed by atoms with Gasteiger partial charge in [-0.25, -0.2) is 19.2 Å². The highest BCUT2D eigenvalue weighted by Crippen LogP contribution is 2.21. The summed E-state index contributed by atoms with van der Waals surface area (Å²) in [4.78, 5) is 24.0. The third-order valence-electron chi connectivity index (χ3n) is 3.70. The molecule has 134 valence electrons. The Morgan fingerprint density at radius 2 is 2.00 bits per heavy atom. The minimum Gasteiger partial charge on any atom is -0.444 e. The van der Waals surface area contributed by atoms with Gasteiger partial charge in [0.1, 0.15) is 11.3 Å². The van der Waals surface area contributed by atoms with Crippen LogP contribution < -0.4 is 4.90 Å². The van der Waals surface area contributed by atoms with E-state index in [2.05, 4.69) is 20.2 Å². The highest BCUT2D eigenvalue weighted by Gasteiger charge is 2.27. The van der Waals surface area contributed by atoms with Gasteiger partial charge in [0, 0.05) is 32.4 Å². The summed E-state index contributed by atoms with van der Waals surface area (Å²) in [5, 5.41) is 6.52. The maximum Gasteiger partial charge on any atom is 0.410 e. The molecule has 0 aromatic carbocycles. The second kappa shape index (κ2) is 6.66. The van der Waals surface area contributed by atoms with Crippen LogP contribution in [-0.4, -0.2) is 62.9 Å². The fraction of sp³-hybridized carbons (Fsp3) is 0.500. The molecule has 0 radical (unpaired) electrons. The molecule has 0 spiro atoms. The lowest BCUT2D eigenvalue weighted by molar-refractivity contribution is 0.0240. The van der Waals surface area contributed by atoms with Crippen LogP contribution in [0.15, 0.2) is 18.5 Å². The minimum atomic E-state index is -0.521. The highest BCUT2D eigenvalue weighted by molar-refractivity contribution is 5.68. The molecule has 1 fully saturated rings. The van der Waals surface area contributed by atoms with Gasteiger partial charge in [0.2, 0.25) is 5.95 Å². The number of carbonyl (C=O) groups is 1. The summed E-state index contributed by atoms with van der Waals surface area (Å²) in [7, 11) is 0. The van der Waals surface area contributed by atoms with Crippen LogP contribution in [0.1, 0.15) is 20.8 Å². The molecular formula is C16H21FN6O2. The predicted octanol–water partition coefficient (Wildman–Crippen LogP) is 2.06. The van der Waals surface area contributed by atoms with Crippen molar-refractivity contribution in [3.63, 3.8) is 0 Å². The van der Waals surface area contributed by atoms with Crippen molar-refractivity contribution in [3.8, 4) is 11.4 Å². The molecule has 0 unspecified atom stereocenters. The van der Waals surface area contributed by atoms with Crippen LogP contribution in [0.4, 0.5) is 15.1 Å². The molecule has 1 aliphatic heterocycles. The molecule has 1 saturated heterocycles. The van der Waals surface area contributed by atoms with Gasteiger partial charge in [0.05, 0.1) is 11.9 Å². The third-order valence-corrected chi connectivity index (χ3v) is 3.70. The van der Waals surface area contributed by atoms with Crippen molar-refractivity contribution in [2.45, 2.75) is 26.4 Å². The Labute approximate surface area is 145 Å². The molecule has 0 saturated carbocycles. The van der Waals surface area contributed by atoms with Crippen LogP contribution in [0.3, 0.4) is 0 Å². The van der Waals surface area contributed by atoms with E-state index in [1.807, 2.05) is 25.7 Å². The predicted molar refractivity (Wildman–Crippen MR) is 89.6 cm³/mol. The van der Waals surface area contributed by atoms with Gasteiger partial charge in [-0.2, -0.15) is 5.10 Å². The van der Waals surface area contributed by atoms with Crippen molar-refractivity contribution < 1.29 is 13.9 Å². The number of aromatic amines is 1. The molecule has 2 aromatic heterocycles. The number of hydrogen-bond acceptors (Lipinski definition) is 6.